The maximum atomic E-state index is 11.9. The van der Waals surface area contributed by atoms with Crippen molar-refractivity contribution in [2.24, 2.45) is 0 Å². The molecule has 0 bridgehead atoms. The molecular formula is C17H27NO3. The highest BCUT2D eigenvalue weighted by atomic mass is 16.6. The van der Waals surface area contributed by atoms with Gasteiger partial charge in [0.15, 0.2) is 6.10 Å². The summed E-state index contributed by atoms with van der Waals surface area (Å²) < 4.78 is 11.0. The van der Waals surface area contributed by atoms with Gasteiger partial charge in [0.1, 0.15) is 5.75 Å². The second kappa shape index (κ2) is 9.40. The molecule has 4 heteroatoms. The third-order valence-corrected chi connectivity index (χ3v) is 3.34. The highest BCUT2D eigenvalue weighted by Crippen LogP contribution is 2.28. The third kappa shape index (κ3) is 5.05. The number of carbonyl (C=O) groups is 1. The molecule has 1 aromatic carbocycles. The molecule has 1 N–H and O–H groups in total. The zero-order chi connectivity index (χ0) is 15.7. The predicted molar refractivity (Wildman–Crippen MR) is 84.5 cm³/mol. The summed E-state index contributed by atoms with van der Waals surface area (Å²) in [5.41, 5.74) is 1.09. The molecule has 2 atom stereocenters. The molecule has 0 spiro atoms. The van der Waals surface area contributed by atoms with Crippen LogP contribution in [-0.4, -0.2) is 25.2 Å². The molecule has 0 saturated heterocycles. The first-order chi connectivity index (χ1) is 10.2. The lowest BCUT2D eigenvalue weighted by molar-refractivity contribution is -0.151. The van der Waals surface area contributed by atoms with Crippen LogP contribution in [0.4, 0.5) is 0 Å². The van der Waals surface area contributed by atoms with Crippen molar-refractivity contribution in [3.8, 4) is 5.75 Å². The van der Waals surface area contributed by atoms with Crippen LogP contribution >= 0.6 is 0 Å². The van der Waals surface area contributed by atoms with Crippen molar-refractivity contribution in [1.29, 1.82) is 0 Å². The minimum atomic E-state index is -0.551. The van der Waals surface area contributed by atoms with E-state index in [0.29, 0.717) is 13.0 Å². The average Bonchev–Trinajstić information content (AvgIpc) is 2.51. The summed E-state index contributed by atoms with van der Waals surface area (Å²) in [6.45, 7) is 9.20. The summed E-state index contributed by atoms with van der Waals surface area (Å²) in [5, 5.41) is 3.44. The number of para-hydroxylation sites is 1. The van der Waals surface area contributed by atoms with E-state index in [1.54, 1.807) is 6.92 Å². The molecule has 1 rings (SSSR count). The van der Waals surface area contributed by atoms with Gasteiger partial charge in [-0.25, -0.2) is 4.79 Å². The van der Waals surface area contributed by atoms with Gasteiger partial charge < -0.3 is 14.8 Å². The predicted octanol–water partition coefficient (Wildman–Crippen LogP) is 3.47. The number of nitrogens with one attached hydrogen (secondary N) is 1. The maximum Gasteiger partial charge on any atom is 0.347 e. The normalized spacial score (nSPS) is 13.5. The molecule has 0 amide bonds. The Kier molecular flexibility index (Phi) is 7.83. The van der Waals surface area contributed by atoms with Gasteiger partial charge in [0.05, 0.1) is 6.61 Å². The summed E-state index contributed by atoms with van der Waals surface area (Å²) in [7, 11) is 0. The Morgan fingerprint density at radius 2 is 1.86 bits per heavy atom. The lowest BCUT2D eigenvalue weighted by atomic mass is 10.0. The number of esters is 1. The number of hydrogen-bond acceptors (Lipinski definition) is 4. The van der Waals surface area contributed by atoms with Crippen LogP contribution in [0.1, 0.15) is 52.1 Å². The van der Waals surface area contributed by atoms with Crippen LogP contribution in [0.25, 0.3) is 0 Å². The van der Waals surface area contributed by atoms with Crippen LogP contribution in [0.2, 0.25) is 0 Å². The summed E-state index contributed by atoms with van der Waals surface area (Å²) in [6.07, 6.45) is 1.00. The molecule has 0 saturated carbocycles. The van der Waals surface area contributed by atoms with Crippen LogP contribution in [0.15, 0.2) is 24.3 Å². The van der Waals surface area contributed by atoms with Crippen molar-refractivity contribution in [1.82, 2.24) is 5.32 Å². The zero-order valence-corrected chi connectivity index (χ0v) is 13.5. The van der Waals surface area contributed by atoms with Gasteiger partial charge in [-0.05, 0) is 32.4 Å². The lowest BCUT2D eigenvalue weighted by Crippen LogP contribution is -2.30. The van der Waals surface area contributed by atoms with E-state index in [4.69, 9.17) is 9.47 Å². The van der Waals surface area contributed by atoms with Crippen molar-refractivity contribution < 1.29 is 14.3 Å². The highest BCUT2D eigenvalue weighted by Gasteiger charge is 2.22. The third-order valence-electron chi connectivity index (χ3n) is 3.34. The van der Waals surface area contributed by atoms with Crippen molar-refractivity contribution in [2.45, 2.75) is 52.7 Å². The SMILES string of the molecule is CCNC(CC)c1ccccc1OC(CC)C(=O)OCC. The Balaban J connectivity index is 2.93. The largest absolute Gasteiger partial charge is 0.478 e. The Morgan fingerprint density at radius 3 is 2.43 bits per heavy atom. The topological polar surface area (TPSA) is 47.6 Å². The Hall–Kier alpha value is -1.55. The van der Waals surface area contributed by atoms with E-state index in [1.807, 2.05) is 31.2 Å². The van der Waals surface area contributed by atoms with E-state index in [0.717, 1.165) is 24.3 Å². The second-order valence-corrected chi connectivity index (χ2v) is 4.82. The molecule has 2 unspecified atom stereocenters. The number of rotatable bonds is 9. The minimum Gasteiger partial charge on any atom is -0.478 e. The molecule has 0 aromatic heterocycles. The molecule has 0 heterocycles. The first-order valence-corrected chi connectivity index (χ1v) is 7.83. The Bertz CT molecular complexity index is 434. The fraction of sp³-hybridized carbons (Fsp3) is 0.588. The van der Waals surface area contributed by atoms with E-state index in [-0.39, 0.29) is 12.0 Å². The molecule has 0 aliphatic rings. The Morgan fingerprint density at radius 1 is 1.14 bits per heavy atom. The fourth-order valence-corrected chi connectivity index (χ4v) is 2.28. The summed E-state index contributed by atoms with van der Waals surface area (Å²) in [5.74, 6) is 0.455. The number of hydrogen-bond donors (Lipinski definition) is 1. The van der Waals surface area contributed by atoms with Crippen LogP contribution in [0, 0.1) is 0 Å². The van der Waals surface area contributed by atoms with Gasteiger partial charge in [0, 0.05) is 11.6 Å². The van der Waals surface area contributed by atoms with Gasteiger partial charge >= 0.3 is 5.97 Å². The molecule has 0 aliphatic heterocycles. The summed E-state index contributed by atoms with van der Waals surface area (Å²) in [6, 6.07) is 8.11. The summed E-state index contributed by atoms with van der Waals surface area (Å²) >= 11 is 0. The average molecular weight is 293 g/mol. The summed E-state index contributed by atoms with van der Waals surface area (Å²) in [4.78, 5) is 11.9. The van der Waals surface area contributed by atoms with E-state index in [9.17, 15) is 4.79 Å². The quantitative estimate of drug-likeness (QED) is 0.708. The monoisotopic (exact) mass is 293 g/mol. The van der Waals surface area contributed by atoms with Crippen molar-refractivity contribution in [2.75, 3.05) is 13.2 Å². The van der Waals surface area contributed by atoms with Gasteiger partial charge in [-0.15, -0.1) is 0 Å². The van der Waals surface area contributed by atoms with Gasteiger partial charge in [0.25, 0.3) is 0 Å². The number of benzene rings is 1. The standard InChI is InChI=1S/C17H27NO3/c1-5-14(18-7-3)13-11-9-10-12-16(13)21-15(6-2)17(19)20-8-4/h9-12,14-15,18H,5-8H2,1-4H3. The Labute approximate surface area is 127 Å². The number of carbonyl (C=O) groups excluding carboxylic acids is 1. The smallest absolute Gasteiger partial charge is 0.347 e. The van der Waals surface area contributed by atoms with Gasteiger partial charge in [-0.1, -0.05) is 39.0 Å². The minimum absolute atomic E-state index is 0.228. The van der Waals surface area contributed by atoms with Crippen LogP contribution < -0.4 is 10.1 Å². The van der Waals surface area contributed by atoms with Crippen molar-refractivity contribution >= 4 is 5.97 Å². The van der Waals surface area contributed by atoms with Crippen LogP contribution in [0.3, 0.4) is 0 Å². The van der Waals surface area contributed by atoms with Gasteiger partial charge in [0.2, 0.25) is 0 Å². The zero-order valence-electron chi connectivity index (χ0n) is 13.5. The van der Waals surface area contributed by atoms with Gasteiger partial charge in [-0.2, -0.15) is 0 Å². The van der Waals surface area contributed by atoms with E-state index in [2.05, 4.69) is 19.2 Å². The highest BCUT2D eigenvalue weighted by molar-refractivity contribution is 5.75. The van der Waals surface area contributed by atoms with Crippen LogP contribution in [-0.2, 0) is 9.53 Å². The lowest BCUT2D eigenvalue weighted by Gasteiger charge is -2.22. The van der Waals surface area contributed by atoms with Crippen molar-refractivity contribution in [3.63, 3.8) is 0 Å². The first kappa shape index (κ1) is 17.5. The van der Waals surface area contributed by atoms with E-state index < -0.39 is 6.10 Å². The molecule has 118 valence electrons. The molecule has 1 aromatic rings. The van der Waals surface area contributed by atoms with E-state index >= 15 is 0 Å². The van der Waals surface area contributed by atoms with Crippen molar-refractivity contribution in [3.05, 3.63) is 29.8 Å². The maximum absolute atomic E-state index is 11.9. The molecule has 4 nitrogen and oxygen atoms in total. The fourth-order valence-electron chi connectivity index (χ4n) is 2.28. The molecular weight excluding hydrogens is 266 g/mol. The number of ether oxygens (including phenoxy) is 2. The second-order valence-electron chi connectivity index (χ2n) is 4.82. The van der Waals surface area contributed by atoms with Gasteiger partial charge in [-0.3, -0.25) is 0 Å². The first-order valence-electron chi connectivity index (χ1n) is 7.83. The molecule has 21 heavy (non-hydrogen) atoms. The molecule has 0 radical (unpaired) electrons. The van der Waals surface area contributed by atoms with E-state index in [1.165, 1.54) is 0 Å². The molecule has 0 fully saturated rings. The van der Waals surface area contributed by atoms with Crippen LogP contribution in [0.5, 0.6) is 5.75 Å². The molecule has 0 aliphatic carbocycles.